The zero-order valence-electron chi connectivity index (χ0n) is 13.8. The number of aromatic amines is 1. The molecule has 3 rings (SSSR count). The van der Waals surface area contributed by atoms with Crippen LogP contribution in [0.15, 0.2) is 34.4 Å². The smallest absolute Gasteiger partial charge is 0.268 e. The average Bonchev–Trinajstić information content (AvgIpc) is 3.04. The number of thiophene rings is 1. The average molecular weight is 345 g/mol. The minimum atomic E-state index is -0.0829. The van der Waals surface area contributed by atoms with Crippen LogP contribution in [0.4, 0.5) is 0 Å². The van der Waals surface area contributed by atoms with Crippen LogP contribution in [-0.2, 0) is 13.1 Å². The molecule has 0 amide bonds. The zero-order chi connectivity index (χ0) is 17.1. The van der Waals surface area contributed by atoms with E-state index >= 15 is 0 Å². The number of H-pyrrole nitrogens is 1. The second-order valence-corrected chi connectivity index (χ2v) is 6.41. The summed E-state index contributed by atoms with van der Waals surface area (Å²) in [5.41, 5.74) is 1.70. The third kappa shape index (κ3) is 3.42. The van der Waals surface area contributed by atoms with Gasteiger partial charge in [0.15, 0.2) is 0 Å². The standard InChI is InChI=1S/C17H19N3O3S/c1-20(9-11-4-5-12(22-2)8-14(11)23-3)10-15-18-13-6-7-24-16(13)17(21)19-15/h4-8H,9-10H2,1-3H3,(H,18,19,21). The molecule has 6 nitrogen and oxygen atoms in total. The van der Waals surface area contributed by atoms with E-state index in [1.807, 2.05) is 36.7 Å². The van der Waals surface area contributed by atoms with E-state index in [4.69, 9.17) is 9.47 Å². The molecule has 1 N–H and O–H groups in total. The summed E-state index contributed by atoms with van der Waals surface area (Å²) in [5, 5.41) is 1.88. The largest absolute Gasteiger partial charge is 0.497 e. The van der Waals surface area contributed by atoms with E-state index in [2.05, 4.69) is 14.9 Å². The summed E-state index contributed by atoms with van der Waals surface area (Å²) < 4.78 is 11.3. The van der Waals surface area contributed by atoms with Crippen molar-refractivity contribution in [3.05, 3.63) is 51.4 Å². The predicted octanol–water partition coefficient (Wildman–Crippen LogP) is 2.63. The number of rotatable bonds is 6. The van der Waals surface area contributed by atoms with Crippen LogP contribution in [0.2, 0.25) is 0 Å². The van der Waals surface area contributed by atoms with Crippen molar-refractivity contribution < 1.29 is 9.47 Å². The van der Waals surface area contributed by atoms with Crippen molar-refractivity contribution in [2.45, 2.75) is 13.1 Å². The Kier molecular flexibility index (Phi) is 4.82. The van der Waals surface area contributed by atoms with Crippen LogP contribution in [0.5, 0.6) is 11.5 Å². The SMILES string of the molecule is COc1ccc(CN(C)Cc2nc3ccsc3c(=O)[nH]2)c(OC)c1. The topological polar surface area (TPSA) is 67.5 Å². The van der Waals surface area contributed by atoms with Crippen molar-refractivity contribution in [2.24, 2.45) is 0 Å². The summed E-state index contributed by atoms with van der Waals surface area (Å²) in [5.74, 6) is 2.18. The third-order valence-corrected chi connectivity index (χ3v) is 4.62. The molecule has 0 saturated carbocycles. The first-order valence-electron chi connectivity index (χ1n) is 7.46. The van der Waals surface area contributed by atoms with Crippen molar-refractivity contribution in [2.75, 3.05) is 21.3 Å². The van der Waals surface area contributed by atoms with Gasteiger partial charge in [0.1, 0.15) is 22.0 Å². The summed E-state index contributed by atoms with van der Waals surface area (Å²) in [4.78, 5) is 21.5. The van der Waals surface area contributed by atoms with Gasteiger partial charge in [-0.25, -0.2) is 4.98 Å². The number of nitrogens with zero attached hydrogens (tertiary/aromatic N) is 2. The fourth-order valence-corrected chi connectivity index (χ4v) is 3.31. The highest BCUT2D eigenvalue weighted by Crippen LogP contribution is 2.25. The number of fused-ring (bicyclic) bond motifs is 1. The molecule has 0 radical (unpaired) electrons. The third-order valence-electron chi connectivity index (χ3n) is 3.72. The highest BCUT2D eigenvalue weighted by molar-refractivity contribution is 7.17. The van der Waals surface area contributed by atoms with Crippen LogP contribution >= 0.6 is 11.3 Å². The molecule has 0 fully saturated rings. The normalized spacial score (nSPS) is 11.2. The summed E-state index contributed by atoms with van der Waals surface area (Å²) in [6.45, 7) is 1.20. The van der Waals surface area contributed by atoms with Gasteiger partial charge >= 0.3 is 0 Å². The Morgan fingerprint density at radius 1 is 1.21 bits per heavy atom. The maximum Gasteiger partial charge on any atom is 0.268 e. The van der Waals surface area contributed by atoms with Gasteiger partial charge in [0.2, 0.25) is 0 Å². The molecule has 0 aliphatic heterocycles. The number of ether oxygens (including phenoxy) is 2. The fraction of sp³-hybridized carbons (Fsp3) is 0.294. The molecule has 0 saturated heterocycles. The molecule has 0 atom stereocenters. The van der Waals surface area contributed by atoms with Crippen LogP contribution in [0.1, 0.15) is 11.4 Å². The number of benzene rings is 1. The van der Waals surface area contributed by atoms with E-state index in [-0.39, 0.29) is 5.56 Å². The van der Waals surface area contributed by atoms with Gasteiger partial charge < -0.3 is 14.5 Å². The second-order valence-electron chi connectivity index (χ2n) is 5.50. The first-order valence-corrected chi connectivity index (χ1v) is 8.34. The predicted molar refractivity (Wildman–Crippen MR) is 95.0 cm³/mol. The lowest BCUT2D eigenvalue weighted by atomic mass is 10.2. The summed E-state index contributed by atoms with van der Waals surface area (Å²) in [7, 11) is 5.24. The van der Waals surface area contributed by atoms with Gasteiger partial charge in [-0.15, -0.1) is 11.3 Å². The van der Waals surface area contributed by atoms with E-state index in [0.717, 1.165) is 22.6 Å². The first-order chi connectivity index (χ1) is 11.6. The molecule has 24 heavy (non-hydrogen) atoms. The molecule has 2 heterocycles. The maximum absolute atomic E-state index is 12.0. The van der Waals surface area contributed by atoms with Crippen molar-refractivity contribution in [3.8, 4) is 11.5 Å². The molecule has 0 unspecified atom stereocenters. The van der Waals surface area contributed by atoms with Crippen molar-refractivity contribution in [3.63, 3.8) is 0 Å². The minimum Gasteiger partial charge on any atom is -0.497 e. The van der Waals surface area contributed by atoms with E-state index in [0.29, 0.717) is 23.6 Å². The molecule has 0 aliphatic rings. The van der Waals surface area contributed by atoms with Gasteiger partial charge in [0, 0.05) is 18.2 Å². The van der Waals surface area contributed by atoms with E-state index < -0.39 is 0 Å². The lowest BCUT2D eigenvalue weighted by molar-refractivity contribution is 0.302. The minimum absolute atomic E-state index is 0.0829. The number of hydrogen-bond donors (Lipinski definition) is 1. The van der Waals surface area contributed by atoms with Crippen molar-refractivity contribution in [1.82, 2.24) is 14.9 Å². The summed E-state index contributed by atoms with van der Waals surface area (Å²) in [6.07, 6.45) is 0. The Morgan fingerprint density at radius 2 is 2.04 bits per heavy atom. The van der Waals surface area contributed by atoms with Gasteiger partial charge in [0.25, 0.3) is 5.56 Å². The van der Waals surface area contributed by atoms with Gasteiger partial charge in [-0.1, -0.05) is 6.07 Å². The molecule has 2 aromatic heterocycles. The number of aromatic nitrogens is 2. The van der Waals surface area contributed by atoms with Gasteiger partial charge in [0.05, 0.1) is 26.3 Å². The molecule has 3 aromatic rings. The molecule has 126 valence electrons. The van der Waals surface area contributed by atoms with Crippen molar-refractivity contribution >= 4 is 21.6 Å². The monoisotopic (exact) mass is 345 g/mol. The van der Waals surface area contributed by atoms with E-state index in [1.165, 1.54) is 11.3 Å². The molecular formula is C17H19N3O3S. The van der Waals surface area contributed by atoms with Gasteiger partial charge in [-0.2, -0.15) is 0 Å². The molecular weight excluding hydrogens is 326 g/mol. The van der Waals surface area contributed by atoms with E-state index in [1.54, 1.807) is 14.2 Å². The Morgan fingerprint density at radius 3 is 2.79 bits per heavy atom. The van der Waals surface area contributed by atoms with Crippen LogP contribution in [0, 0.1) is 0 Å². The second kappa shape index (κ2) is 7.02. The molecule has 7 heteroatoms. The van der Waals surface area contributed by atoms with Crippen LogP contribution in [-0.4, -0.2) is 36.1 Å². The molecule has 0 spiro atoms. The van der Waals surface area contributed by atoms with Crippen molar-refractivity contribution in [1.29, 1.82) is 0 Å². The lowest BCUT2D eigenvalue weighted by Crippen LogP contribution is -2.21. The number of nitrogens with one attached hydrogen (secondary N) is 1. The Balaban J connectivity index is 1.77. The first kappa shape index (κ1) is 16.5. The highest BCUT2D eigenvalue weighted by Gasteiger charge is 2.11. The molecule has 0 bridgehead atoms. The fourth-order valence-electron chi connectivity index (χ4n) is 2.58. The molecule has 0 aliphatic carbocycles. The van der Waals surface area contributed by atoms with Crippen LogP contribution < -0.4 is 15.0 Å². The Labute approximate surface area is 143 Å². The summed E-state index contributed by atoms with van der Waals surface area (Å²) >= 11 is 1.40. The van der Waals surface area contributed by atoms with Crippen LogP contribution in [0.25, 0.3) is 10.2 Å². The summed E-state index contributed by atoms with van der Waals surface area (Å²) in [6, 6.07) is 7.61. The Hall–Kier alpha value is -2.38. The highest BCUT2D eigenvalue weighted by atomic mass is 32.1. The Bertz CT molecular complexity index is 903. The van der Waals surface area contributed by atoms with Gasteiger partial charge in [-0.05, 0) is 24.6 Å². The zero-order valence-corrected chi connectivity index (χ0v) is 14.6. The number of methoxy groups -OCH3 is 2. The van der Waals surface area contributed by atoms with Gasteiger partial charge in [-0.3, -0.25) is 9.69 Å². The van der Waals surface area contributed by atoms with Crippen LogP contribution in [0.3, 0.4) is 0 Å². The quantitative estimate of drug-likeness (QED) is 0.744. The van der Waals surface area contributed by atoms with E-state index in [9.17, 15) is 4.79 Å². The number of hydrogen-bond acceptors (Lipinski definition) is 6. The lowest BCUT2D eigenvalue weighted by Gasteiger charge is -2.18. The molecule has 1 aromatic carbocycles. The maximum atomic E-state index is 12.0.